The standard InChI is InChI=1S/C17H22N2O3S2/c1-14(18-24(20,21)15-6-3-2-4-7-15)17(16-8-5-13-23-16)19-9-11-22-12-10-19/h2-8,13-14,17-18H,9-12H2,1H3/t14-,17-/m1/s1. The van der Waals surface area contributed by atoms with E-state index in [4.69, 9.17) is 4.74 Å². The van der Waals surface area contributed by atoms with Crippen LogP contribution >= 0.6 is 11.3 Å². The molecule has 2 atom stereocenters. The van der Waals surface area contributed by atoms with E-state index in [9.17, 15) is 8.42 Å². The van der Waals surface area contributed by atoms with Gasteiger partial charge in [0.1, 0.15) is 0 Å². The van der Waals surface area contributed by atoms with Crippen molar-refractivity contribution in [3.8, 4) is 0 Å². The van der Waals surface area contributed by atoms with Crippen molar-refractivity contribution in [3.05, 3.63) is 52.7 Å². The third kappa shape index (κ3) is 4.04. The summed E-state index contributed by atoms with van der Waals surface area (Å²) in [6, 6.07) is 12.3. The Kier molecular flexibility index (Phi) is 5.68. The monoisotopic (exact) mass is 366 g/mol. The minimum absolute atomic E-state index is 0.00684. The maximum absolute atomic E-state index is 12.6. The molecule has 1 N–H and O–H groups in total. The van der Waals surface area contributed by atoms with Gasteiger partial charge in [-0.3, -0.25) is 4.90 Å². The van der Waals surface area contributed by atoms with E-state index in [2.05, 4.69) is 15.7 Å². The number of nitrogens with one attached hydrogen (secondary N) is 1. The Hall–Kier alpha value is -1.25. The minimum Gasteiger partial charge on any atom is -0.379 e. The minimum atomic E-state index is -3.54. The van der Waals surface area contributed by atoms with E-state index in [1.807, 2.05) is 24.4 Å². The van der Waals surface area contributed by atoms with Crippen molar-refractivity contribution in [3.63, 3.8) is 0 Å². The number of sulfonamides is 1. The Morgan fingerprint density at radius 1 is 1.12 bits per heavy atom. The van der Waals surface area contributed by atoms with Crippen LogP contribution in [0.3, 0.4) is 0 Å². The van der Waals surface area contributed by atoms with E-state index in [1.54, 1.807) is 35.6 Å². The highest BCUT2D eigenvalue weighted by molar-refractivity contribution is 7.89. The predicted octanol–water partition coefficient (Wildman–Crippen LogP) is 2.49. The highest BCUT2D eigenvalue weighted by Crippen LogP contribution is 2.29. The number of benzene rings is 1. The molecule has 24 heavy (non-hydrogen) atoms. The normalized spacial score (nSPS) is 19.0. The molecule has 0 saturated carbocycles. The average molecular weight is 367 g/mol. The smallest absolute Gasteiger partial charge is 0.240 e. The van der Waals surface area contributed by atoms with Crippen molar-refractivity contribution in [1.29, 1.82) is 0 Å². The average Bonchev–Trinajstić information content (AvgIpc) is 3.10. The maximum atomic E-state index is 12.6. The van der Waals surface area contributed by atoms with Gasteiger partial charge in [-0.15, -0.1) is 11.3 Å². The van der Waals surface area contributed by atoms with Crippen LogP contribution < -0.4 is 4.72 Å². The van der Waals surface area contributed by atoms with Crippen LogP contribution in [0.25, 0.3) is 0 Å². The molecule has 0 spiro atoms. The van der Waals surface area contributed by atoms with Crippen LogP contribution in [0.1, 0.15) is 17.8 Å². The highest BCUT2D eigenvalue weighted by Gasteiger charge is 2.31. The van der Waals surface area contributed by atoms with Crippen LogP contribution in [-0.2, 0) is 14.8 Å². The second-order valence-electron chi connectivity index (χ2n) is 5.83. The first-order valence-corrected chi connectivity index (χ1v) is 10.4. The van der Waals surface area contributed by atoms with Gasteiger partial charge in [0.15, 0.2) is 0 Å². The quantitative estimate of drug-likeness (QED) is 0.853. The van der Waals surface area contributed by atoms with Gasteiger partial charge in [-0.1, -0.05) is 24.3 Å². The molecule has 5 nitrogen and oxygen atoms in total. The second-order valence-corrected chi connectivity index (χ2v) is 8.52. The van der Waals surface area contributed by atoms with Crippen LogP contribution in [0.2, 0.25) is 0 Å². The van der Waals surface area contributed by atoms with Crippen LogP contribution in [-0.4, -0.2) is 45.7 Å². The molecule has 1 aromatic heterocycles. The first kappa shape index (κ1) is 17.6. The fourth-order valence-corrected chi connectivity index (χ4v) is 5.27. The fourth-order valence-electron chi connectivity index (χ4n) is 3.03. The Labute approximate surface area is 147 Å². The lowest BCUT2D eigenvalue weighted by molar-refractivity contribution is 0.0113. The zero-order chi connectivity index (χ0) is 17.0. The first-order valence-electron chi connectivity index (χ1n) is 8.00. The molecule has 0 amide bonds. The van der Waals surface area contributed by atoms with Crippen molar-refractivity contribution in [1.82, 2.24) is 9.62 Å². The SMILES string of the molecule is C[C@@H](NS(=O)(=O)c1ccccc1)[C@H](c1cccs1)N1CCOCC1. The van der Waals surface area contributed by atoms with Gasteiger partial charge in [0.05, 0.1) is 24.2 Å². The molecule has 7 heteroatoms. The third-order valence-corrected chi connectivity index (χ3v) is 6.66. The lowest BCUT2D eigenvalue weighted by Crippen LogP contribution is -2.48. The Balaban J connectivity index is 1.82. The molecule has 130 valence electrons. The molecule has 0 bridgehead atoms. The van der Waals surface area contributed by atoms with Crippen molar-refractivity contribution < 1.29 is 13.2 Å². The molecule has 1 aliphatic heterocycles. The van der Waals surface area contributed by atoms with E-state index in [1.165, 1.54) is 4.88 Å². The largest absolute Gasteiger partial charge is 0.379 e. The van der Waals surface area contributed by atoms with Crippen LogP contribution in [0, 0.1) is 0 Å². The lowest BCUT2D eigenvalue weighted by atomic mass is 10.1. The van der Waals surface area contributed by atoms with E-state index < -0.39 is 10.0 Å². The summed E-state index contributed by atoms with van der Waals surface area (Å²) in [5.41, 5.74) is 0. The van der Waals surface area contributed by atoms with Gasteiger partial charge in [0.2, 0.25) is 10.0 Å². The lowest BCUT2D eigenvalue weighted by Gasteiger charge is -2.37. The van der Waals surface area contributed by atoms with Gasteiger partial charge in [-0.25, -0.2) is 13.1 Å². The topological polar surface area (TPSA) is 58.6 Å². The molecule has 1 aromatic carbocycles. The second kappa shape index (κ2) is 7.76. The molecule has 2 aromatic rings. The number of nitrogens with zero attached hydrogens (tertiary/aromatic N) is 1. The Bertz CT molecular complexity index is 726. The predicted molar refractivity (Wildman–Crippen MR) is 95.7 cm³/mol. The summed E-state index contributed by atoms with van der Waals surface area (Å²) < 4.78 is 33.6. The number of hydrogen-bond donors (Lipinski definition) is 1. The number of thiophene rings is 1. The highest BCUT2D eigenvalue weighted by atomic mass is 32.2. The Morgan fingerprint density at radius 3 is 2.46 bits per heavy atom. The molecule has 1 aliphatic rings. The molecule has 2 heterocycles. The fraction of sp³-hybridized carbons (Fsp3) is 0.412. The van der Waals surface area contributed by atoms with E-state index >= 15 is 0 Å². The molecular formula is C17H22N2O3S2. The van der Waals surface area contributed by atoms with Gasteiger partial charge < -0.3 is 4.74 Å². The number of rotatable bonds is 6. The number of morpholine rings is 1. The number of ether oxygens (including phenoxy) is 1. The first-order chi connectivity index (χ1) is 11.6. The van der Waals surface area contributed by atoms with E-state index in [-0.39, 0.29) is 12.1 Å². The molecule has 1 fully saturated rings. The van der Waals surface area contributed by atoms with E-state index in [0.29, 0.717) is 18.1 Å². The van der Waals surface area contributed by atoms with Gasteiger partial charge in [-0.05, 0) is 30.5 Å². The summed E-state index contributed by atoms with van der Waals surface area (Å²) in [5, 5.41) is 2.03. The van der Waals surface area contributed by atoms with Crippen molar-refractivity contribution in [2.45, 2.75) is 23.9 Å². The van der Waals surface area contributed by atoms with E-state index in [0.717, 1.165) is 13.1 Å². The zero-order valence-electron chi connectivity index (χ0n) is 13.6. The third-order valence-electron chi connectivity index (χ3n) is 4.14. The van der Waals surface area contributed by atoms with Gasteiger partial charge in [-0.2, -0.15) is 0 Å². The summed E-state index contributed by atoms with van der Waals surface area (Å²) >= 11 is 1.66. The summed E-state index contributed by atoms with van der Waals surface area (Å²) in [6.07, 6.45) is 0. The molecule has 0 aliphatic carbocycles. The van der Waals surface area contributed by atoms with Gasteiger partial charge in [0.25, 0.3) is 0 Å². The molecule has 1 saturated heterocycles. The number of hydrogen-bond acceptors (Lipinski definition) is 5. The molecule has 0 unspecified atom stereocenters. The van der Waals surface area contributed by atoms with Crippen LogP contribution in [0.5, 0.6) is 0 Å². The van der Waals surface area contributed by atoms with Crippen molar-refractivity contribution in [2.24, 2.45) is 0 Å². The van der Waals surface area contributed by atoms with Gasteiger partial charge in [0, 0.05) is 24.0 Å². The summed E-state index contributed by atoms with van der Waals surface area (Å²) in [7, 11) is -3.54. The molecule has 0 radical (unpaired) electrons. The summed E-state index contributed by atoms with van der Waals surface area (Å²) in [4.78, 5) is 3.76. The summed E-state index contributed by atoms with van der Waals surface area (Å²) in [6.45, 7) is 4.90. The van der Waals surface area contributed by atoms with Crippen molar-refractivity contribution >= 4 is 21.4 Å². The maximum Gasteiger partial charge on any atom is 0.240 e. The molecular weight excluding hydrogens is 344 g/mol. The zero-order valence-corrected chi connectivity index (χ0v) is 15.2. The van der Waals surface area contributed by atoms with Crippen molar-refractivity contribution in [2.75, 3.05) is 26.3 Å². The van der Waals surface area contributed by atoms with Gasteiger partial charge >= 0.3 is 0 Å². The van der Waals surface area contributed by atoms with Crippen LogP contribution in [0.4, 0.5) is 0 Å². The van der Waals surface area contributed by atoms with Crippen LogP contribution in [0.15, 0.2) is 52.7 Å². The molecule has 3 rings (SSSR count). The Morgan fingerprint density at radius 2 is 1.83 bits per heavy atom. The summed E-state index contributed by atoms with van der Waals surface area (Å²) in [5.74, 6) is 0.